The van der Waals surface area contributed by atoms with Crippen LogP contribution in [-0.2, 0) is 19.1 Å². The van der Waals surface area contributed by atoms with E-state index in [2.05, 4.69) is 5.32 Å². The first kappa shape index (κ1) is 25.0. The van der Waals surface area contributed by atoms with Crippen molar-refractivity contribution in [2.75, 3.05) is 26.1 Å². The first-order chi connectivity index (χ1) is 15.1. The zero-order valence-electron chi connectivity index (χ0n) is 19.1. The maximum Gasteiger partial charge on any atom is 0.332 e. The molecule has 2 aromatic rings. The van der Waals surface area contributed by atoms with E-state index in [4.69, 9.17) is 18.9 Å². The molecule has 0 aromatic heterocycles. The predicted molar refractivity (Wildman–Crippen MR) is 118 cm³/mol. The van der Waals surface area contributed by atoms with Gasteiger partial charge in [0.1, 0.15) is 22.9 Å². The number of ether oxygens (including phenoxy) is 4. The normalized spacial score (nSPS) is 11.9. The molecule has 0 radical (unpaired) electrons. The van der Waals surface area contributed by atoms with Crippen LogP contribution >= 0.6 is 0 Å². The van der Waals surface area contributed by atoms with Gasteiger partial charge in [-0.2, -0.15) is 0 Å². The van der Waals surface area contributed by atoms with Gasteiger partial charge in [-0.15, -0.1) is 0 Å². The van der Waals surface area contributed by atoms with E-state index in [-0.39, 0.29) is 12.4 Å². The summed E-state index contributed by atoms with van der Waals surface area (Å²) in [5.41, 5.74) is 0.568. The van der Waals surface area contributed by atoms with Gasteiger partial charge in [-0.25, -0.2) is 9.18 Å². The molecule has 0 fully saturated rings. The number of halogens is 1. The van der Waals surface area contributed by atoms with Crippen molar-refractivity contribution < 1.29 is 32.9 Å². The van der Waals surface area contributed by atoms with Crippen LogP contribution in [0.15, 0.2) is 42.5 Å². The Morgan fingerprint density at radius 2 is 1.69 bits per heavy atom. The van der Waals surface area contributed by atoms with E-state index < -0.39 is 23.4 Å². The monoisotopic (exact) mass is 447 g/mol. The zero-order chi connectivity index (χ0) is 23.7. The van der Waals surface area contributed by atoms with Gasteiger partial charge in [-0.05, 0) is 44.9 Å². The van der Waals surface area contributed by atoms with Gasteiger partial charge in [-0.1, -0.05) is 12.1 Å². The van der Waals surface area contributed by atoms with Gasteiger partial charge < -0.3 is 24.3 Å². The Bertz CT molecular complexity index is 908. The van der Waals surface area contributed by atoms with E-state index in [9.17, 15) is 14.0 Å². The number of methoxy groups -OCH3 is 2. The third kappa shape index (κ3) is 8.09. The van der Waals surface area contributed by atoms with Gasteiger partial charge >= 0.3 is 11.9 Å². The first-order valence-electron chi connectivity index (χ1n) is 10.2. The van der Waals surface area contributed by atoms with Crippen LogP contribution in [0.5, 0.6) is 11.5 Å². The fourth-order valence-electron chi connectivity index (χ4n) is 2.87. The molecule has 2 aromatic carbocycles. The van der Waals surface area contributed by atoms with Crippen LogP contribution in [0.25, 0.3) is 0 Å². The number of esters is 2. The third-order valence-electron chi connectivity index (χ3n) is 4.28. The van der Waals surface area contributed by atoms with Crippen molar-refractivity contribution in [1.82, 2.24) is 0 Å². The lowest BCUT2D eigenvalue weighted by atomic mass is 10.1. The Morgan fingerprint density at radius 1 is 1.03 bits per heavy atom. The van der Waals surface area contributed by atoms with Crippen molar-refractivity contribution in [1.29, 1.82) is 0 Å². The number of rotatable bonds is 10. The van der Waals surface area contributed by atoms with Gasteiger partial charge in [0.15, 0.2) is 6.04 Å². The summed E-state index contributed by atoms with van der Waals surface area (Å²) in [6.07, 6.45) is 0.719. The lowest BCUT2D eigenvalue weighted by Gasteiger charge is -2.20. The summed E-state index contributed by atoms with van der Waals surface area (Å²) in [5.74, 6) is -0.201. The van der Waals surface area contributed by atoms with E-state index >= 15 is 0 Å². The summed E-state index contributed by atoms with van der Waals surface area (Å²) in [6.45, 7) is 5.75. The number of carbonyl (C=O) groups excluding carboxylic acids is 2. The number of carbonyl (C=O) groups is 2. The van der Waals surface area contributed by atoms with Gasteiger partial charge in [-0.3, -0.25) is 4.79 Å². The lowest BCUT2D eigenvalue weighted by molar-refractivity contribution is -0.155. The standard InChI is InChI=1S/C24H30FNO6/c1-24(2,3)32-21(27)7-6-12-31-20-14-18(13-19(15-20)29-4)26-22(23(28)30-5)16-8-10-17(25)11-9-16/h8-11,13-15,22,26H,6-7,12H2,1-5H3. The van der Waals surface area contributed by atoms with E-state index in [0.717, 1.165) is 0 Å². The van der Waals surface area contributed by atoms with Crippen LogP contribution in [0.3, 0.4) is 0 Å². The molecule has 1 atom stereocenters. The fraction of sp³-hybridized carbons (Fsp3) is 0.417. The molecule has 0 heterocycles. The van der Waals surface area contributed by atoms with Gasteiger partial charge in [0.2, 0.25) is 0 Å². The summed E-state index contributed by atoms with van der Waals surface area (Å²) >= 11 is 0. The number of benzene rings is 2. The molecule has 0 aliphatic rings. The number of nitrogens with one attached hydrogen (secondary N) is 1. The molecular formula is C24H30FNO6. The SMILES string of the molecule is COC(=O)C(Nc1cc(OC)cc(OCCCC(=O)OC(C)(C)C)c1)c1ccc(F)cc1. The molecule has 0 saturated carbocycles. The van der Waals surface area contributed by atoms with Crippen LogP contribution in [-0.4, -0.2) is 38.4 Å². The summed E-state index contributed by atoms with van der Waals surface area (Å²) in [6, 6.07) is 9.82. The molecule has 0 aliphatic carbocycles. The molecule has 7 nitrogen and oxygen atoms in total. The molecule has 1 unspecified atom stereocenters. The molecular weight excluding hydrogens is 417 g/mol. The molecule has 174 valence electrons. The van der Waals surface area contributed by atoms with Crippen LogP contribution in [0, 0.1) is 5.82 Å². The minimum Gasteiger partial charge on any atom is -0.497 e. The highest BCUT2D eigenvalue weighted by Crippen LogP contribution is 2.29. The lowest BCUT2D eigenvalue weighted by Crippen LogP contribution is -2.24. The summed E-state index contributed by atoms with van der Waals surface area (Å²) in [5, 5.41) is 3.08. The summed E-state index contributed by atoms with van der Waals surface area (Å²) in [7, 11) is 2.80. The minimum atomic E-state index is -0.854. The number of hydrogen-bond donors (Lipinski definition) is 1. The second-order valence-corrected chi connectivity index (χ2v) is 8.09. The Morgan fingerprint density at radius 3 is 2.28 bits per heavy atom. The molecule has 32 heavy (non-hydrogen) atoms. The largest absolute Gasteiger partial charge is 0.497 e. The first-order valence-corrected chi connectivity index (χ1v) is 10.2. The average Bonchev–Trinajstić information content (AvgIpc) is 2.74. The van der Waals surface area contributed by atoms with E-state index in [1.54, 1.807) is 18.2 Å². The van der Waals surface area contributed by atoms with Crippen molar-refractivity contribution >= 4 is 17.6 Å². The van der Waals surface area contributed by atoms with Crippen LogP contribution in [0.1, 0.15) is 45.2 Å². The Balaban J connectivity index is 2.08. The maximum absolute atomic E-state index is 13.3. The van der Waals surface area contributed by atoms with Gasteiger partial charge in [0, 0.05) is 30.3 Å². The molecule has 2 rings (SSSR count). The highest BCUT2D eigenvalue weighted by molar-refractivity contribution is 5.81. The second kappa shape index (κ2) is 11.4. The van der Waals surface area contributed by atoms with Crippen molar-refractivity contribution in [3.8, 4) is 11.5 Å². The smallest absolute Gasteiger partial charge is 0.332 e. The van der Waals surface area contributed by atoms with E-state index in [1.807, 2.05) is 20.8 Å². The Labute approximate surface area is 187 Å². The second-order valence-electron chi connectivity index (χ2n) is 8.09. The van der Waals surface area contributed by atoms with Gasteiger partial charge in [0.05, 0.1) is 20.8 Å². The Hall–Kier alpha value is -3.29. The molecule has 8 heteroatoms. The van der Waals surface area contributed by atoms with Crippen molar-refractivity contribution in [3.63, 3.8) is 0 Å². The molecule has 0 aliphatic heterocycles. The fourth-order valence-corrected chi connectivity index (χ4v) is 2.87. The summed E-state index contributed by atoms with van der Waals surface area (Å²) < 4.78 is 34.6. The van der Waals surface area contributed by atoms with E-state index in [0.29, 0.717) is 35.8 Å². The maximum atomic E-state index is 13.3. The minimum absolute atomic E-state index is 0.237. The Kier molecular flexibility index (Phi) is 8.87. The zero-order valence-corrected chi connectivity index (χ0v) is 19.1. The van der Waals surface area contributed by atoms with E-state index in [1.165, 1.54) is 38.5 Å². The molecule has 0 saturated heterocycles. The number of hydrogen-bond acceptors (Lipinski definition) is 7. The van der Waals surface area contributed by atoms with Crippen molar-refractivity contribution in [2.45, 2.75) is 45.3 Å². The predicted octanol–water partition coefficient (Wildman–Crippen LogP) is 4.66. The van der Waals surface area contributed by atoms with Crippen LogP contribution < -0.4 is 14.8 Å². The molecule has 0 amide bonds. The van der Waals surface area contributed by atoms with Crippen molar-refractivity contribution in [3.05, 3.63) is 53.8 Å². The molecule has 0 bridgehead atoms. The highest BCUT2D eigenvalue weighted by atomic mass is 19.1. The quantitative estimate of drug-likeness (QED) is 0.419. The average molecular weight is 448 g/mol. The topological polar surface area (TPSA) is 83.1 Å². The van der Waals surface area contributed by atoms with Gasteiger partial charge in [0.25, 0.3) is 0 Å². The highest BCUT2D eigenvalue weighted by Gasteiger charge is 2.22. The molecule has 0 spiro atoms. The third-order valence-corrected chi connectivity index (χ3v) is 4.28. The van der Waals surface area contributed by atoms with Crippen LogP contribution in [0.2, 0.25) is 0 Å². The van der Waals surface area contributed by atoms with Crippen LogP contribution in [0.4, 0.5) is 10.1 Å². The number of anilines is 1. The molecule has 1 N–H and O–H groups in total. The summed E-state index contributed by atoms with van der Waals surface area (Å²) in [4.78, 5) is 24.1. The van der Waals surface area contributed by atoms with Crippen molar-refractivity contribution in [2.24, 2.45) is 0 Å².